The Morgan fingerprint density at radius 2 is 1.77 bits per heavy atom. The van der Waals surface area contributed by atoms with E-state index in [1.54, 1.807) is 18.3 Å². The summed E-state index contributed by atoms with van der Waals surface area (Å²) in [6.45, 7) is 3.89. The number of piperazine rings is 1. The average molecular weight is 350 g/mol. The fourth-order valence-corrected chi connectivity index (χ4v) is 2.86. The van der Waals surface area contributed by atoms with Gasteiger partial charge in [0.1, 0.15) is 11.6 Å². The summed E-state index contributed by atoms with van der Waals surface area (Å²) in [6, 6.07) is 12.0. The Hall–Kier alpha value is -3.06. The third kappa shape index (κ3) is 3.78. The maximum Gasteiger partial charge on any atom is 0.227 e. The Morgan fingerprint density at radius 3 is 2.50 bits per heavy atom. The van der Waals surface area contributed by atoms with E-state index in [1.165, 1.54) is 12.1 Å². The molecule has 1 aliphatic rings. The summed E-state index contributed by atoms with van der Waals surface area (Å²) < 4.78 is 13.0. The maximum absolute atomic E-state index is 13.0. The first-order valence-electron chi connectivity index (χ1n) is 8.56. The lowest BCUT2D eigenvalue weighted by Gasteiger charge is -2.28. The van der Waals surface area contributed by atoms with Crippen molar-refractivity contribution in [3.63, 3.8) is 0 Å². The van der Waals surface area contributed by atoms with Crippen LogP contribution in [0.2, 0.25) is 0 Å². The summed E-state index contributed by atoms with van der Waals surface area (Å²) >= 11 is 0. The van der Waals surface area contributed by atoms with Crippen LogP contribution >= 0.6 is 0 Å². The normalized spacial score (nSPS) is 14.3. The Kier molecular flexibility index (Phi) is 4.70. The lowest BCUT2D eigenvalue weighted by molar-refractivity contribution is 0.585. The number of hydrogen-bond acceptors (Lipinski definition) is 6. The molecule has 0 spiro atoms. The van der Waals surface area contributed by atoms with Crippen LogP contribution in [0.15, 0.2) is 54.9 Å². The second-order valence-electron chi connectivity index (χ2n) is 6.04. The van der Waals surface area contributed by atoms with Gasteiger partial charge in [-0.2, -0.15) is 0 Å². The second-order valence-corrected chi connectivity index (χ2v) is 6.04. The van der Waals surface area contributed by atoms with E-state index < -0.39 is 0 Å². The molecule has 2 N–H and O–H groups in total. The molecule has 3 aromatic rings. The molecule has 1 fully saturated rings. The quantitative estimate of drug-likeness (QED) is 0.754. The molecule has 3 heterocycles. The van der Waals surface area contributed by atoms with Crippen molar-refractivity contribution in [3.8, 4) is 11.3 Å². The van der Waals surface area contributed by atoms with Crippen molar-refractivity contribution < 1.29 is 4.39 Å². The van der Waals surface area contributed by atoms with Gasteiger partial charge in [-0.05, 0) is 42.5 Å². The number of rotatable bonds is 4. The van der Waals surface area contributed by atoms with Crippen LogP contribution < -0.4 is 15.5 Å². The van der Waals surface area contributed by atoms with Gasteiger partial charge in [0.2, 0.25) is 5.95 Å². The van der Waals surface area contributed by atoms with Gasteiger partial charge in [-0.3, -0.25) is 0 Å². The Bertz CT molecular complexity index is 860. The third-order valence-corrected chi connectivity index (χ3v) is 4.24. The molecule has 1 aliphatic heterocycles. The molecule has 0 aliphatic carbocycles. The van der Waals surface area contributed by atoms with Crippen LogP contribution in [-0.2, 0) is 0 Å². The van der Waals surface area contributed by atoms with Crippen LogP contribution in [0.1, 0.15) is 0 Å². The van der Waals surface area contributed by atoms with Crippen LogP contribution in [0, 0.1) is 5.82 Å². The van der Waals surface area contributed by atoms with Gasteiger partial charge in [0.25, 0.3) is 0 Å². The van der Waals surface area contributed by atoms with Crippen LogP contribution in [0.5, 0.6) is 0 Å². The van der Waals surface area contributed by atoms with Gasteiger partial charge in [0.05, 0.1) is 5.69 Å². The molecule has 0 unspecified atom stereocenters. The van der Waals surface area contributed by atoms with Crippen LogP contribution in [0.4, 0.5) is 21.8 Å². The van der Waals surface area contributed by atoms with Crippen molar-refractivity contribution in [1.82, 2.24) is 20.3 Å². The zero-order chi connectivity index (χ0) is 17.8. The zero-order valence-corrected chi connectivity index (χ0v) is 14.2. The van der Waals surface area contributed by atoms with Gasteiger partial charge in [0.15, 0.2) is 0 Å². The maximum atomic E-state index is 13.0. The number of hydrogen-bond donors (Lipinski definition) is 2. The summed E-state index contributed by atoms with van der Waals surface area (Å²) in [6.07, 6.45) is 3.53. The topological polar surface area (TPSA) is 66.0 Å². The van der Waals surface area contributed by atoms with E-state index in [0.29, 0.717) is 5.95 Å². The van der Waals surface area contributed by atoms with Crippen molar-refractivity contribution in [2.24, 2.45) is 0 Å². The fourth-order valence-electron chi connectivity index (χ4n) is 2.86. The van der Waals surface area contributed by atoms with Crippen LogP contribution in [0.3, 0.4) is 0 Å². The van der Waals surface area contributed by atoms with Gasteiger partial charge < -0.3 is 15.5 Å². The first-order chi connectivity index (χ1) is 12.8. The lowest BCUT2D eigenvalue weighted by atomic mass is 10.2. The number of anilines is 3. The molecule has 26 heavy (non-hydrogen) atoms. The molecule has 4 rings (SSSR count). The molecule has 7 heteroatoms. The van der Waals surface area contributed by atoms with Gasteiger partial charge in [0, 0.05) is 49.8 Å². The predicted molar refractivity (Wildman–Crippen MR) is 100 cm³/mol. The molecule has 6 nitrogen and oxygen atoms in total. The van der Waals surface area contributed by atoms with E-state index in [0.717, 1.165) is 48.9 Å². The van der Waals surface area contributed by atoms with E-state index in [4.69, 9.17) is 0 Å². The minimum absolute atomic E-state index is 0.277. The molecule has 0 amide bonds. The van der Waals surface area contributed by atoms with Gasteiger partial charge in [-0.1, -0.05) is 0 Å². The average Bonchev–Trinajstić information content (AvgIpc) is 2.71. The minimum atomic E-state index is -0.277. The summed E-state index contributed by atoms with van der Waals surface area (Å²) in [5.41, 5.74) is 2.44. The molecular weight excluding hydrogens is 331 g/mol. The fraction of sp³-hybridized carbons (Fsp3) is 0.211. The summed E-state index contributed by atoms with van der Waals surface area (Å²) in [4.78, 5) is 15.6. The number of aromatic nitrogens is 3. The largest absolute Gasteiger partial charge is 0.354 e. The highest BCUT2D eigenvalue weighted by molar-refractivity contribution is 5.62. The second kappa shape index (κ2) is 7.45. The monoisotopic (exact) mass is 350 g/mol. The number of pyridine rings is 1. The Morgan fingerprint density at radius 1 is 0.962 bits per heavy atom. The number of nitrogens with zero attached hydrogens (tertiary/aromatic N) is 4. The number of nitrogens with one attached hydrogen (secondary N) is 2. The zero-order valence-electron chi connectivity index (χ0n) is 14.2. The number of benzene rings is 1. The summed E-state index contributed by atoms with van der Waals surface area (Å²) in [5, 5.41) is 6.42. The first-order valence-corrected chi connectivity index (χ1v) is 8.56. The van der Waals surface area contributed by atoms with E-state index in [9.17, 15) is 4.39 Å². The summed E-state index contributed by atoms with van der Waals surface area (Å²) in [5.74, 6) is 1.16. The molecule has 1 saturated heterocycles. The van der Waals surface area contributed by atoms with E-state index in [1.807, 2.05) is 24.4 Å². The van der Waals surface area contributed by atoms with E-state index in [-0.39, 0.29) is 5.82 Å². The number of halogens is 1. The highest BCUT2D eigenvalue weighted by Crippen LogP contribution is 2.21. The van der Waals surface area contributed by atoms with Crippen molar-refractivity contribution in [2.75, 3.05) is 36.4 Å². The molecule has 0 radical (unpaired) electrons. The highest BCUT2D eigenvalue weighted by atomic mass is 19.1. The van der Waals surface area contributed by atoms with E-state index in [2.05, 4.69) is 30.5 Å². The smallest absolute Gasteiger partial charge is 0.227 e. The molecule has 0 atom stereocenters. The van der Waals surface area contributed by atoms with Crippen molar-refractivity contribution >= 4 is 17.5 Å². The predicted octanol–water partition coefficient (Wildman–Crippen LogP) is 2.83. The molecule has 0 bridgehead atoms. The molecule has 132 valence electrons. The third-order valence-electron chi connectivity index (χ3n) is 4.24. The van der Waals surface area contributed by atoms with Crippen molar-refractivity contribution in [3.05, 3.63) is 60.7 Å². The van der Waals surface area contributed by atoms with Crippen molar-refractivity contribution in [1.29, 1.82) is 0 Å². The summed E-state index contributed by atoms with van der Waals surface area (Å²) in [7, 11) is 0. The van der Waals surface area contributed by atoms with Crippen LogP contribution in [-0.4, -0.2) is 41.1 Å². The lowest BCUT2D eigenvalue weighted by Crippen LogP contribution is -2.43. The Balaban J connectivity index is 1.51. The SMILES string of the molecule is Fc1ccc(Nc2nccc(-c3ccc(N4CCNCC4)nc3)n2)cc1. The highest BCUT2D eigenvalue weighted by Gasteiger charge is 2.12. The van der Waals surface area contributed by atoms with Gasteiger partial charge in [-0.25, -0.2) is 19.3 Å². The molecule has 2 aromatic heterocycles. The first kappa shape index (κ1) is 16.4. The van der Waals surface area contributed by atoms with Crippen molar-refractivity contribution in [2.45, 2.75) is 0 Å². The molecular formula is C19H19FN6. The minimum Gasteiger partial charge on any atom is -0.354 e. The standard InChI is InChI=1S/C19H19FN6/c20-15-2-4-16(5-3-15)24-19-22-8-7-17(25-19)14-1-6-18(23-13-14)26-11-9-21-10-12-26/h1-8,13,21H,9-12H2,(H,22,24,25). The van der Waals surface area contributed by atoms with Gasteiger partial charge in [-0.15, -0.1) is 0 Å². The molecule has 0 saturated carbocycles. The molecule has 1 aromatic carbocycles. The van der Waals surface area contributed by atoms with Crippen LogP contribution in [0.25, 0.3) is 11.3 Å². The Labute approximate surface area is 151 Å². The van der Waals surface area contributed by atoms with E-state index >= 15 is 0 Å². The van der Waals surface area contributed by atoms with Gasteiger partial charge >= 0.3 is 0 Å².